The number of pyridine rings is 1. The van der Waals surface area contributed by atoms with Gasteiger partial charge in [-0.15, -0.1) is 0 Å². The zero-order valence-electron chi connectivity index (χ0n) is 22.0. The summed E-state index contributed by atoms with van der Waals surface area (Å²) >= 11 is 0. The van der Waals surface area contributed by atoms with Crippen LogP contribution in [0.25, 0.3) is 11.1 Å². The maximum absolute atomic E-state index is 13.2. The molecule has 190 valence electrons. The third-order valence-corrected chi connectivity index (χ3v) is 5.45. The van der Waals surface area contributed by atoms with Gasteiger partial charge in [0, 0.05) is 19.2 Å². The van der Waals surface area contributed by atoms with E-state index >= 15 is 0 Å². The van der Waals surface area contributed by atoms with Gasteiger partial charge >= 0.3 is 35.5 Å². The average Bonchev–Trinajstić information content (AvgIpc) is 2.85. The number of hydrogen-bond acceptors (Lipinski definition) is 5. The van der Waals surface area contributed by atoms with Crippen LogP contribution in [-0.2, 0) is 14.4 Å². The van der Waals surface area contributed by atoms with Crippen LogP contribution in [0.15, 0.2) is 66.9 Å². The number of carboxylic acid groups (broad SMARTS) is 1. The number of rotatable bonds is 12. The number of hydrogen-bond donors (Lipinski definition) is 4. The van der Waals surface area contributed by atoms with Crippen molar-refractivity contribution >= 4 is 23.6 Å². The Morgan fingerprint density at radius 2 is 1.65 bits per heavy atom. The first kappa shape index (κ1) is 30.0. The van der Waals surface area contributed by atoms with Crippen LogP contribution in [-0.4, -0.2) is 41.0 Å². The molecule has 0 bridgehead atoms. The van der Waals surface area contributed by atoms with Crippen molar-refractivity contribution < 1.29 is 54.9 Å². The molecular formula is C27H30FN4NaO4. The largest absolute Gasteiger partial charge is 1.00 e. The predicted molar refractivity (Wildman–Crippen MR) is 136 cm³/mol. The summed E-state index contributed by atoms with van der Waals surface area (Å²) in [5.74, 6) is -1.42. The van der Waals surface area contributed by atoms with E-state index < -0.39 is 17.9 Å². The number of benzene rings is 2. The van der Waals surface area contributed by atoms with Crippen molar-refractivity contribution in [2.75, 3.05) is 18.4 Å². The zero-order chi connectivity index (χ0) is 25.9. The SMILES string of the molecule is Cc1ccnc(NCCCC(=O)NCC(=O)NC(CC(=O)O)c2ccc(-c3ccc(F)cc3)cc2)c1.[H-].[Na+]. The van der Waals surface area contributed by atoms with Crippen molar-refractivity contribution in [3.8, 4) is 11.1 Å². The predicted octanol–water partition coefficient (Wildman–Crippen LogP) is 0.953. The monoisotopic (exact) mass is 516 g/mol. The Balaban J connectivity index is 0.00000361. The number of amides is 2. The van der Waals surface area contributed by atoms with Gasteiger partial charge < -0.3 is 22.5 Å². The Morgan fingerprint density at radius 1 is 1.00 bits per heavy atom. The van der Waals surface area contributed by atoms with E-state index in [1.807, 2.05) is 19.1 Å². The van der Waals surface area contributed by atoms with Gasteiger partial charge in [-0.2, -0.15) is 0 Å². The Hall–Kier alpha value is -3.27. The van der Waals surface area contributed by atoms with Crippen molar-refractivity contribution in [2.45, 2.75) is 32.2 Å². The summed E-state index contributed by atoms with van der Waals surface area (Å²) in [4.78, 5) is 40.0. The van der Waals surface area contributed by atoms with Crippen LogP contribution in [0, 0.1) is 12.7 Å². The standard InChI is InChI=1S/C27H29FN4O4.Na.H/c1-18-12-14-30-24(15-18)29-13-2-3-25(33)31-17-26(34)32-23(16-27(35)36)21-6-4-19(5-7-21)20-8-10-22(28)11-9-20;;/h4-12,14-15,23H,2-3,13,16-17H2,1H3,(H,29,30)(H,31,33)(H,32,34)(H,35,36);;/q;+1;-1. The van der Waals surface area contributed by atoms with E-state index in [0.717, 1.165) is 22.5 Å². The maximum atomic E-state index is 13.2. The molecule has 0 aliphatic heterocycles. The first-order valence-electron chi connectivity index (χ1n) is 11.6. The van der Waals surface area contributed by atoms with Gasteiger partial charge in [0.1, 0.15) is 11.6 Å². The number of aromatic nitrogens is 1. The molecule has 2 amide bonds. The third-order valence-electron chi connectivity index (χ3n) is 5.45. The van der Waals surface area contributed by atoms with Crippen LogP contribution in [0.3, 0.4) is 0 Å². The van der Waals surface area contributed by atoms with Crippen LogP contribution in [0.4, 0.5) is 10.2 Å². The number of anilines is 1. The molecule has 0 saturated carbocycles. The maximum Gasteiger partial charge on any atom is 1.00 e. The molecule has 0 saturated heterocycles. The number of nitrogens with zero attached hydrogens (tertiary/aromatic N) is 1. The van der Waals surface area contributed by atoms with Crippen LogP contribution in [0.2, 0.25) is 0 Å². The number of halogens is 1. The number of aryl methyl sites for hydroxylation is 1. The second kappa shape index (κ2) is 15.1. The molecule has 1 aromatic heterocycles. The molecular weight excluding hydrogens is 486 g/mol. The van der Waals surface area contributed by atoms with Crippen LogP contribution < -0.4 is 45.5 Å². The molecule has 0 spiro atoms. The Kier molecular flexibility index (Phi) is 12.2. The summed E-state index contributed by atoms with van der Waals surface area (Å²) in [6.45, 7) is 2.27. The molecule has 0 aliphatic carbocycles. The number of carboxylic acids is 1. The fourth-order valence-corrected chi connectivity index (χ4v) is 3.59. The van der Waals surface area contributed by atoms with Gasteiger partial charge in [0.05, 0.1) is 19.0 Å². The zero-order valence-corrected chi connectivity index (χ0v) is 23.0. The van der Waals surface area contributed by atoms with Crippen molar-refractivity contribution in [2.24, 2.45) is 0 Å². The normalized spacial score (nSPS) is 11.1. The second-order valence-corrected chi connectivity index (χ2v) is 8.37. The van der Waals surface area contributed by atoms with E-state index in [9.17, 15) is 23.9 Å². The van der Waals surface area contributed by atoms with Gasteiger partial charge in [0.2, 0.25) is 11.8 Å². The molecule has 1 unspecified atom stereocenters. The molecule has 4 N–H and O–H groups in total. The summed E-state index contributed by atoms with van der Waals surface area (Å²) in [6.07, 6.45) is 2.19. The molecule has 3 aromatic rings. The van der Waals surface area contributed by atoms with Crippen molar-refractivity contribution in [1.29, 1.82) is 0 Å². The van der Waals surface area contributed by atoms with E-state index in [2.05, 4.69) is 20.9 Å². The summed E-state index contributed by atoms with van der Waals surface area (Å²) < 4.78 is 13.2. The summed E-state index contributed by atoms with van der Waals surface area (Å²) in [7, 11) is 0. The van der Waals surface area contributed by atoms with Gasteiger partial charge in [0.15, 0.2) is 0 Å². The first-order valence-corrected chi connectivity index (χ1v) is 11.6. The smallest absolute Gasteiger partial charge is 1.00 e. The average molecular weight is 517 g/mol. The molecule has 37 heavy (non-hydrogen) atoms. The number of nitrogens with one attached hydrogen (secondary N) is 3. The molecule has 0 radical (unpaired) electrons. The Labute approximate surface area is 238 Å². The third kappa shape index (κ3) is 10.3. The van der Waals surface area contributed by atoms with Crippen molar-refractivity contribution in [3.05, 3.63) is 83.8 Å². The van der Waals surface area contributed by atoms with Crippen LogP contribution in [0.1, 0.15) is 37.9 Å². The first-order chi connectivity index (χ1) is 17.3. The topological polar surface area (TPSA) is 120 Å². The number of carbonyl (C=O) groups is 3. The van der Waals surface area contributed by atoms with Gasteiger partial charge in [-0.05, 0) is 59.9 Å². The molecule has 1 atom stereocenters. The van der Waals surface area contributed by atoms with E-state index in [-0.39, 0.29) is 62.1 Å². The fraction of sp³-hybridized carbons (Fsp3) is 0.259. The number of carbonyl (C=O) groups excluding carboxylic acids is 2. The minimum Gasteiger partial charge on any atom is -1.00 e. The molecule has 0 fully saturated rings. The van der Waals surface area contributed by atoms with Gasteiger partial charge in [-0.25, -0.2) is 9.37 Å². The molecule has 10 heteroatoms. The molecule has 3 rings (SSSR count). The second-order valence-electron chi connectivity index (χ2n) is 8.37. The molecule has 0 aliphatic rings. The van der Waals surface area contributed by atoms with Crippen LogP contribution in [0.5, 0.6) is 0 Å². The Morgan fingerprint density at radius 3 is 2.27 bits per heavy atom. The van der Waals surface area contributed by atoms with E-state index in [1.165, 1.54) is 12.1 Å². The fourth-order valence-electron chi connectivity index (χ4n) is 3.59. The Bertz CT molecular complexity index is 1200. The molecule has 2 aromatic carbocycles. The summed E-state index contributed by atoms with van der Waals surface area (Å²) in [6, 6.07) is 16.1. The summed E-state index contributed by atoms with van der Waals surface area (Å²) in [5, 5.41) is 17.7. The van der Waals surface area contributed by atoms with Gasteiger partial charge in [-0.3, -0.25) is 14.4 Å². The summed E-state index contributed by atoms with van der Waals surface area (Å²) in [5.41, 5.74) is 3.34. The van der Waals surface area contributed by atoms with E-state index in [0.29, 0.717) is 18.5 Å². The number of aliphatic carboxylic acids is 1. The van der Waals surface area contributed by atoms with Crippen LogP contribution >= 0.6 is 0 Å². The molecule has 1 heterocycles. The quantitative estimate of drug-likeness (QED) is 0.210. The van der Waals surface area contributed by atoms with Gasteiger partial charge in [0.25, 0.3) is 0 Å². The molecule has 8 nitrogen and oxygen atoms in total. The van der Waals surface area contributed by atoms with Gasteiger partial charge in [-0.1, -0.05) is 36.4 Å². The minimum atomic E-state index is -1.07. The van der Waals surface area contributed by atoms with E-state index in [4.69, 9.17) is 0 Å². The van der Waals surface area contributed by atoms with Crippen molar-refractivity contribution in [3.63, 3.8) is 0 Å². The van der Waals surface area contributed by atoms with E-state index in [1.54, 1.807) is 42.6 Å². The van der Waals surface area contributed by atoms with Crippen molar-refractivity contribution in [1.82, 2.24) is 15.6 Å². The minimum absolute atomic E-state index is 0.